The number of hydrogen-bond acceptors (Lipinski definition) is 5. The highest BCUT2D eigenvalue weighted by atomic mass is 16.5. The molecular formula is C17H27N5O2. The van der Waals surface area contributed by atoms with Gasteiger partial charge in [0.1, 0.15) is 5.69 Å². The Labute approximate surface area is 143 Å². The normalized spacial score (nSPS) is 20.4. The summed E-state index contributed by atoms with van der Waals surface area (Å²) in [5.74, 6) is 0.281. The molecule has 24 heavy (non-hydrogen) atoms. The van der Waals surface area contributed by atoms with Crippen molar-refractivity contribution in [2.75, 3.05) is 40.4 Å². The molecule has 1 aromatic heterocycles. The van der Waals surface area contributed by atoms with Gasteiger partial charge >= 0.3 is 0 Å². The van der Waals surface area contributed by atoms with Crippen molar-refractivity contribution in [1.82, 2.24) is 24.8 Å². The zero-order valence-corrected chi connectivity index (χ0v) is 14.9. The van der Waals surface area contributed by atoms with Crippen molar-refractivity contribution in [2.24, 2.45) is 7.05 Å². The second kappa shape index (κ2) is 7.44. The highest BCUT2D eigenvalue weighted by Crippen LogP contribution is 2.29. The minimum Gasteiger partial charge on any atom is -0.379 e. The van der Waals surface area contributed by atoms with Gasteiger partial charge in [0.2, 0.25) is 5.91 Å². The van der Waals surface area contributed by atoms with Crippen LogP contribution in [0.1, 0.15) is 36.6 Å². The van der Waals surface area contributed by atoms with Crippen LogP contribution in [0.3, 0.4) is 0 Å². The van der Waals surface area contributed by atoms with Crippen LogP contribution < -0.4 is 0 Å². The van der Waals surface area contributed by atoms with Crippen LogP contribution in [-0.4, -0.2) is 71.1 Å². The van der Waals surface area contributed by atoms with Crippen LogP contribution in [0.25, 0.3) is 0 Å². The number of allylic oxidation sites excluding steroid dienone is 1. The van der Waals surface area contributed by atoms with Crippen LogP contribution in [0.2, 0.25) is 0 Å². The first-order valence-electron chi connectivity index (χ1n) is 8.65. The van der Waals surface area contributed by atoms with Gasteiger partial charge < -0.3 is 14.5 Å². The number of likely N-dealkylation sites (N-methyl/N-ethyl adjacent to an activating group) is 1. The topological polar surface area (TPSA) is 63.5 Å². The summed E-state index contributed by atoms with van der Waals surface area (Å²) in [5.41, 5.74) is 2.95. The lowest BCUT2D eigenvalue weighted by atomic mass is 9.98. The van der Waals surface area contributed by atoms with E-state index in [1.807, 2.05) is 30.7 Å². The van der Waals surface area contributed by atoms with E-state index in [4.69, 9.17) is 4.74 Å². The Morgan fingerprint density at radius 2 is 2.29 bits per heavy atom. The third kappa shape index (κ3) is 3.67. The second-order valence-electron chi connectivity index (χ2n) is 6.93. The highest BCUT2D eigenvalue weighted by molar-refractivity contribution is 5.94. The number of fused-ring (bicyclic) bond motifs is 1. The van der Waals surface area contributed by atoms with E-state index in [-0.39, 0.29) is 11.8 Å². The van der Waals surface area contributed by atoms with Crippen molar-refractivity contribution in [3.8, 4) is 0 Å². The summed E-state index contributed by atoms with van der Waals surface area (Å²) in [5, 5.41) is 8.40. The Balaban J connectivity index is 1.69. The van der Waals surface area contributed by atoms with Gasteiger partial charge in [-0.15, -0.1) is 5.10 Å². The monoisotopic (exact) mass is 333 g/mol. The van der Waals surface area contributed by atoms with E-state index in [1.165, 1.54) is 0 Å². The Bertz CT molecular complexity index is 622. The lowest BCUT2D eigenvalue weighted by Gasteiger charge is -2.32. The van der Waals surface area contributed by atoms with Gasteiger partial charge in [-0.25, -0.2) is 0 Å². The number of carbonyl (C=O) groups is 1. The molecule has 0 unspecified atom stereocenters. The molecule has 0 fully saturated rings. The van der Waals surface area contributed by atoms with E-state index in [0.29, 0.717) is 26.3 Å². The fraction of sp³-hybridized carbons (Fsp3) is 0.706. The van der Waals surface area contributed by atoms with Gasteiger partial charge in [0.25, 0.3) is 0 Å². The summed E-state index contributed by atoms with van der Waals surface area (Å²) >= 11 is 0. The maximum atomic E-state index is 12.7. The quantitative estimate of drug-likeness (QED) is 0.725. The van der Waals surface area contributed by atoms with Gasteiger partial charge in [-0.3, -0.25) is 9.48 Å². The smallest absolute Gasteiger partial charge is 0.249 e. The van der Waals surface area contributed by atoms with Crippen LogP contribution in [0, 0.1) is 0 Å². The average Bonchev–Trinajstić information content (AvgIpc) is 3.21. The summed E-state index contributed by atoms with van der Waals surface area (Å²) < 4.78 is 7.68. The molecule has 1 aromatic rings. The number of aryl methyl sites for hydroxylation is 1. The third-order valence-electron chi connectivity index (χ3n) is 4.72. The number of amides is 1. The second-order valence-corrected chi connectivity index (χ2v) is 6.93. The molecule has 7 nitrogen and oxygen atoms in total. The number of nitrogens with zero attached hydrogens (tertiary/aromatic N) is 5. The third-order valence-corrected chi connectivity index (χ3v) is 4.72. The first kappa shape index (κ1) is 17.1. The predicted molar refractivity (Wildman–Crippen MR) is 90.5 cm³/mol. The van der Waals surface area contributed by atoms with Crippen LogP contribution in [0.5, 0.6) is 0 Å². The maximum absolute atomic E-state index is 12.7. The highest BCUT2D eigenvalue weighted by Gasteiger charge is 2.33. The molecule has 3 rings (SSSR count). The standard InChI is InChI=1S/C17H27N5O2/c1-20(2)8-9-24-12-14-10-22(17(23)13-6-4-5-7-13)11-15-16(14)21(3)19-18-15/h6,14H,4-5,7-12H2,1-3H3/t14-/m1/s1. The molecule has 2 aliphatic rings. The van der Waals surface area contributed by atoms with Gasteiger partial charge in [0.15, 0.2) is 0 Å². The molecule has 0 aromatic carbocycles. The first-order chi connectivity index (χ1) is 11.6. The Kier molecular flexibility index (Phi) is 5.30. The molecule has 0 saturated heterocycles. The fourth-order valence-corrected chi connectivity index (χ4v) is 3.44. The summed E-state index contributed by atoms with van der Waals surface area (Å²) in [6, 6.07) is 0. The Hall–Kier alpha value is -1.73. The van der Waals surface area contributed by atoms with E-state index in [9.17, 15) is 4.79 Å². The molecule has 0 radical (unpaired) electrons. The minimum absolute atomic E-state index is 0.127. The largest absolute Gasteiger partial charge is 0.379 e. The van der Waals surface area contributed by atoms with E-state index in [2.05, 4.69) is 21.3 Å². The van der Waals surface area contributed by atoms with Crippen molar-refractivity contribution in [3.63, 3.8) is 0 Å². The lowest BCUT2D eigenvalue weighted by molar-refractivity contribution is -0.128. The molecule has 0 bridgehead atoms. The summed E-state index contributed by atoms with van der Waals surface area (Å²) in [6.45, 7) is 3.38. The summed E-state index contributed by atoms with van der Waals surface area (Å²) in [4.78, 5) is 16.7. The van der Waals surface area contributed by atoms with Crippen molar-refractivity contribution in [3.05, 3.63) is 23.0 Å². The van der Waals surface area contributed by atoms with Gasteiger partial charge in [0.05, 0.1) is 25.5 Å². The molecule has 7 heteroatoms. The summed E-state index contributed by atoms with van der Waals surface area (Å²) in [7, 11) is 5.97. The van der Waals surface area contributed by atoms with Gasteiger partial charge in [-0.05, 0) is 33.4 Å². The van der Waals surface area contributed by atoms with E-state index >= 15 is 0 Å². The molecule has 0 spiro atoms. The zero-order chi connectivity index (χ0) is 17.1. The van der Waals surface area contributed by atoms with E-state index < -0.39 is 0 Å². The number of rotatable bonds is 6. The van der Waals surface area contributed by atoms with E-state index in [1.54, 1.807) is 0 Å². The molecule has 1 aliphatic carbocycles. The number of aromatic nitrogens is 3. The van der Waals surface area contributed by atoms with Gasteiger partial charge in [-0.2, -0.15) is 0 Å². The van der Waals surface area contributed by atoms with Crippen LogP contribution in [-0.2, 0) is 23.1 Å². The van der Waals surface area contributed by atoms with Crippen LogP contribution in [0.4, 0.5) is 0 Å². The average molecular weight is 333 g/mol. The molecule has 132 valence electrons. The molecule has 1 aliphatic heterocycles. The van der Waals surface area contributed by atoms with Gasteiger partial charge in [-0.1, -0.05) is 11.3 Å². The Morgan fingerprint density at radius 1 is 1.46 bits per heavy atom. The predicted octanol–water partition coefficient (Wildman–Crippen LogP) is 0.929. The van der Waals surface area contributed by atoms with Crippen LogP contribution in [0.15, 0.2) is 11.6 Å². The first-order valence-corrected chi connectivity index (χ1v) is 8.65. The Morgan fingerprint density at radius 3 is 3.00 bits per heavy atom. The van der Waals surface area contributed by atoms with Crippen molar-refractivity contribution >= 4 is 5.91 Å². The molecule has 0 saturated carbocycles. The molecule has 2 heterocycles. The van der Waals surface area contributed by atoms with Gasteiger partial charge in [0, 0.05) is 31.6 Å². The van der Waals surface area contributed by atoms with Crippen LogP contribution >= 0.6 is 0 Å². The maximum Gasteiger partial charge on any atom is 0.249 e. The zero-order valence-electron chi connectivity index (χ0n) is 14.9. The lowest BCUT2D eigenvalue weighted by Crippen LogP contribution is -2.40. The number of carbonyl (C=O) groups excluding carboxylic acids is 1. The van der Waals surface area contributed by atoms with Crippen molar-refractivity contribution in [2.45, 2.75) is 31.7 Å². The molecular weight excluding hydrogens is 306 g/mol. The molecule has 1 amide bonds. The minimum atomic E-state index is 0.127. The molecule has 0 N–H and O–H groups in total. The number of hydrogen-bond donors (Lipinski definition) is 0. The fourth-order valence-electron chi connectivity index (χ4n) is 3.44. The van der Waals surface area contributed by atoms with Crippen molar-refractivity contribution in [1.29, 1.82) is 0 Å². The summed E-state index contributed by atoms with van der Waals surface area (Å²) in [6.07, 6.45) is 5.08. The number of ether oxygens (including phenoxy) is 1. The molecule has 1 atom stereocenters. The SMILES string of the molecule is CN(C)CCOC[C@H]1CN(C(=O)C2=CCCC2)Cc2nnn(C)c21. The van der Waals surface area contributed by atoms with Crippen molar-refractivity contribution < 1.29 is 9.53 Å². The van der Waals surface area contributed by atoms with E-state index in [0.717, 1.165) is 42.8 Å².